The van der Waals surface area contributed by atoms with E-state index >= 15 is 0 Å². The molecule has 0 spiro atoms. The lowest BCUT2D eigenvalue weighted by Gasteiger charge is -2.11. The Morgan fingerprint density at radius 2 is 1.10 bits per heavy atom. The summed E-state index contributed by atoms with van der Waals surface area (Å²) in [4.78, 5) is 0. The third-order valence-corrected chi connectivity index (χ3v) is 5.77. The quantitative estimate of drug-likeness (QED) is 0.747. The van der Waals surface area contributed by atoms with Crippen molar-refractivity contribution in [1.29, 1.82) is 0 Å². The molecule has 2 unspecified atom stereocenters. The second-order valence-corrected chi connectivity index (χ2v) is 7.86. The summed E-state index contributed by atoms with van der Waals surface area (Å²) in [5, 5.41) is 10.6. The Morgan fingerprint density at radius 1 is 0.655 bits per heavy atom. The molecule has 3 aliphatic rings. The summed E-state index contributed by atoms with van der Waals surface area (Å²) < 4.78 is 11.7. The summed E-state index contributed by atoms with van der Waals surface area (Å²) in [5.74, 6) is 1.76. The van der Waals surface area contributed by atoms with Crippen molar-refractivity contribution in [3.05, 3.63) is 95.7 Å². The Labute approximate surface area is 171 Å². The molecule has 2 aromatic carbocycles. The largest absolute Gasteiger partial charge is 0.477 e. The number of ether oxygens (including phenoxy) is 2. The van der Waals surface area contributed by atoms with Crippen LogP contribution in [-0.4, -0.2) is 25.3 Å². The van der Waals surface area contributed by atoms with Crippen molar-refractivity contribution < 1.29 is 9.47 Å². The highest BCUT2D eigenvalue weighted by molar-refractivity contribution is 5.24. The first kappa shape index (κ1) is 18.1. The molecule has 3 N–H and O–H groups in total. The fourth-order valence-electron chi connectivity index (χ4n) is 4.21. The van der Waals surface area contributed by atoms with Gasteiger partial charge in [0.1, 0.15) is 13.2 Å². The number of benzene rings is 2. The van der Waals surface area contributed by atoms with Gasteiger partial charge < -0.3 is 25.4 Å². The third-order valence-electron chi connectivity index (χ3n) is 5.77. The molecule has 3 aliphatic heterocycles. The summed E-state index contributed by atoms with van der Waals surface area (Å²) >= 11 is 0. The van der Waals surface area contributed by atoms with Crippen molar-refractivity contribution in [2.24, 2.45) is 0 Å². The van der Waals surface area contributed by atoms with Gasteiger partial charge in [-0.3, -0.25) is 0 Å². The summed E-state index contributed by atoms with van der Waals surface area (Å²) in [5.41, 5.74) is 2.52. The molecule has 0 bridgehead atoms. The van der Waals surface area contributed by atoms with E-state index in [4.69, 9.17) is 9.47 Å². The zero-order valence-corrected chi connectivity index (χ0v) is 16.4. The molecule has 0 aliphatic carbocycles. The van der Waals surface area contributed by atoms with Crippen LogP contribution in [0.4, 0.5) is 0 Å². The fourth-order valence-corrected chi connectivity index (χ4v) is 4.21. The van der Waals surface area contributed by atoms with E-state index in [0.29, 0.717) is 25.3 Å². The second-order valence-electron chi connectivity index (χ2n) is 7.86. The molecule has 3 saturated heterocycles. The molecule has 5 rings (SSSR count). The highest BCUT2D eigenvalue weighted by atomic mass is 16.5. The molecule has 3 heterocycles. The molecule has 5 nitrogen and oxygen atoms in total. The van der Waals surface area contributed by atoms with Gasteiger partial charge in [-0.25, -0.2) is 0 Å². The van der Waals surface area contributed by atoms with E-state index in [0.717, 1.165) is 24.6 Å². The van der Waals surface area contributed by atoms with Crippen LogP contribution in [0, 0.1) is 0 Å². The van der Waals surface area contributed by atoms with Gasteiger partial charge in [0.15, 0.2) is 11.8 Å². The van der Waals surface area contributed by atoms with Crippen LogP contribution in [0.15, 0.2) is 84.6 Å². The lowest BCUT2D eigenvalue weighted by atomic mass is 10.1. The average Bonchev–Trinajstić information content (AvgIpc) is 3.52. The molecule has 0 aromatic heterocycles. The first-order valence-electron chi connectivity index (χ1n) is 10.4. The maximum atomic E-state index is 5.87. The molecule has 0 amide bonds. The molecular weight excluding hydrogens is 362 g/mol. The van der Waals surface area contributed by atoms with Gasteiger partial charge in [0, 0.05) is 12.1 Å². The molecule has 5 heteroatoms. The number of nitrogens with one attached hydrogen (secondary N) is 3. The standard InChI is InChI=1S/C24H27N3O2/c1-3-7-17(8-4-1)21-15-28-23(26-21)13-19-11-12-20(25-19)14-24-27-22(16-29-24)18-9-5-2-6-10-18/h1-10,13-14,19-22,25-27H,11-12,15-16H2/b23-13-,24-14-/t19?,20?,21-,22-/m0/s1. The molecule has 29 heavy (non-hydrogen) atoms. The number of rotatable bonds is 4. The van der Waals surface area contributed by atoms with Crippen LogP contribution in [0.2, 0.25) is 0 Å². The van der Waals surface area contributed by atoms with E-state index in [1.54, 1.807) is 0 Å². The Balaban J connectivity index is 1.15. The summed E-state index contributed by atoms with van der Waals surface area (Å²) in [6.07, 6.45) is 6.52. The Kier molecular flexibility index (Phi) is 5.13. The van der Waals surface area contributed by atoms with Gasteiger partial charge in [-0.1, -0.05) is 60.7 Å². The third kappa shape index (κ3) is 4.25. The lowest BCUT2D eigenvalue weighted by molar-refractivity contribution is 0.251. The monoisotopic (exact) mass is 389 g/mol. The van der Waals surface area contributed by atoms with Crippen LogP contribution in [0.3, 0.4) is 0 Å². The molecule has 150 valence electrons. The Bertz CT molecular complexity index is 808. The molecule has 2 aromatic rings. The minimum atomic E-state index is 0.229. The van der Waals surface area contributed by atoms with Gasteiger partial charge in [0.2, 0.25) is 0 Å². The van der Waals surface area contributed by atoms with Crippen molar-refractivity contribution in [3.8, 4) is 0 Å². The van der Waals surface area contributed by atoms with Gasteiger partial charge in [-0.2, -0.15) is 0 Å². The van der Waals surface area contributed by atoms with Gasteiger partial charge >= 0.3 is 0 Å². The van der Waals surface area contributed by atoms with Crippen LogP contribution in [0.1, 0.15) is 36.1 Å². The summed E-state index contributed by atoms with van der Waals surface area (Å²) in [7, 11) is 0. The minimum absolute atomic E-state index is 0.229. The topological polar surface area (TPSA) is 54.5 Å². The highest BCUT2D eigenvalue weighted by Crippen LogP contribution is 2.25. The van der Waals surface area contributed by atoms with E-state index in [1.807, 2.05) is 12.1 Å². The smallest absolute Gasteiger partial charge is 0.184 e. The van der Waals surface area contributed by atoms with Crippen LogP contribution in [0.25, 0.3) is 0 Å². The van der Waals surface area contributed by atoms with E-state index in [9.17, 15) is 0 Å². The Hall–Kier alpha value is -2.92. The van der Waals surface area contributed by atoms with Crippen LogP contribution < -0.4 is 16.0 Å². The molecule has 0 radical (unpaired) electrons. The van der Waals surface area contributed by atoms with E-state index < -0.39 is 0 Å². The highest BCUT2D eigenvalue weighted by Gasteiger charge is 2.27. The van der Waals surface area contributed by atoms with Crippen molar-refractivity contribution in [3.63, 3.8) is 0 Å². The molecular formula is C24H27N3O2. The van der Waals surface area contributed by atoms with Crippen molar-refractivity contribution in [2.75, 3.05) is 13.2 Å². The van der Waals surface area contributed by atoms with Crippen LogP contribution in [0.5, 0.6) is 0 Å². The SMILES string of the molecule is C(=C1\N[C@H](c2ccccc2)CO1)/C1CCC(/C=C2/N[C@H](c3ccccc3)CO2)N1. The molecule has 3 fully saturated rings. The van der Waals surface area contributed by atoms with Crippen molar-refractivity contribution >= 4 is 0 Å². The summed E-state index contributed by atoms with van der Waals surface area (Å²) in [6, 6.07) is 22.0. The predicted molar refractivity (Wildman–Crippen MR) is 113 cm³/mol. The zero-order chi connectivity index (χ0) is 19.5. The van der Waals surface area contributed by atoms with E-state index in [-0.39, 0.29) is 12.1 Å². The predicted octanol–water partition coefficient (Wildman–Crippen LogP) is 3.51. The lowest BCUT2D eigenvalue weighted by Crippen LogP contribution is -2.28. The average molecular weight is 389 g/mol. The van der Waals surface area contributed by atoms with Crippen molar-refractivity contribution in [1.82, 2.24) is 16.0 Å². The van der Waals surface area contributed by atoms with Gasteiger partial charge in [0.25, 0.3) is 0 Å². The minimum Gasteiger partial charge on any atom is -0.477 e. The van der Waals surface area contributed by atoms with Gasteiger partial charge in [0.05, 0.1) is 12.1 Å². The normalized spacial score (nSPS) is 31.3. The van der Waals surface area contributed by atoms with Gasteiger partial charge in [-0.05, 0) is 36.1 Å². The van der Waals surface area contributed by atoms with E-state index in [2.05, 4.69) is 76.6 Å². The van der Waals surface area contributed by atoms with Gasteiger partial charge in [-0.15, -0.1) is 0 Å². The maximum Gasteiger partial charge on any atom is 0.184 e. The van der Waals surface area contributed by atoms with Crippen molar-refractivity contribution in [2.45, 2.75) is 37.0 Å². The first-order chi connectivity index (χ1) is 14.3. The maximum absolute atomic E-state index is 5.87. The zero-order valence-electron chi connectivity index (χ0n) is 16.4. The molecule has 0 saturated carbocycles. The number of hydrogen-bond acceptors (Lipinski definition) is 5. The fraction of sp³-hybridized carbons (Fsp3) is 0.333. The first-order valence-corrected chi connectivity index (χ1v) is 10.4. The number of hydrogen-bond donors (Lipinski definition) is 3. The van der Waals surface area contributed by atoms with Crippen LogP contribution in [-0.2, 0) is 9.47 Å². The van der Waals surface area contributed by atoms with Crippen LogP contribution >= 0.6 is 0 Å². The van der Waals surface area contributed by atoms with E-state index in [1.165, 1.54) is 11.1 Å². The second kappa shape index (κ2) is 8.21. The summed E-state index contributed by atoms with van der Waals surface area (Å²) in [6.45, 7) is 1.35. The molecule has 4 atom stereocenters. The Morgan fingerprint density at radius 3 is 1.55 bits per heavy atom.